The van der Waals surface area contributed by atoms with Crippen molar-refractivity contribution in [3.8, 4) is 11.5 Å². The first-order chi connectivity index (χ1) is 23.5. The molecule has 12 nitrogen and oxygen atoms in total. The van der Waals surface area contributed by atoms with Gasteiger partial charge in [-0.25, -0.2) is 9.59 Å². The first-order valence-corrected chi connectivity index (χ1v) is 20.1. The van der Waals surface area contributed by atoms with E-state index in [1.165, 1.54) is 14.2 Å². The van der Waals surface area contributed by atoms with Crippen molar-refractivity contribution >= 4 is 20.3 Å². The molecule has 0 amide bonds. The number of carbonyl (C=O) groups is 2. The highest BCUT2D eigenvalue weighted by molar-refractivity contribution is 6.74. The van der Waals surface area contributed by atoms with Gasteiger partial charge in [0.2, 0.25) is 0 Å². The van der Waals surface area contributed by atoms with E-state index in [1.54, 1.807) is 48.5 Å². The summed E-state index contributed by atoms with van der Waals surface area (Å²) in [5, 5.41) is 52.3. The number of esters is 2. The first-order valence-electron chi connectivity index (χ1n) is 17.1. The maximum Gasteiger partial charge on any atom is 0.338 e. The summed E-state index contributed by atoms with van der Waals surface area (Å²) in [5.41, 5.74) is 0.611. The van der Waals surface area contributed by atoms with Gasteiger partial charge in [0, 0.05) is 38.9 Å². The zero-order chi connectivity index (χ0) is 37.5. The molecule has 282 valence electrons. The summed E-state index contributed by atoms with van der Waals surface area (Å²) in [6.45, 7) is 10.7. The summed E-state index contributed by atoms with van der Waals surface area (Å²) in [5.74, 6) is -0.00974. The molecule has 0 fully saturated rings. The van der Waals surface area contributed by atoms with Crippen molar-refractivity contribution < 1.29 is 58.5 Å². The summed E-state index contributed by atoms with van der Waals surface area (Å²) in [4.78, 5) is 25.6. The molecular weight excluding hydrogens is 664 g/mol. The molecule has 0 bridgehead atoms. The van der Waals surface area contributed by atoms with E-state index in [0.29, 0.717) is 30.1 Å². The molecule has 0 aliphatic carbocycles. The second kappa shape index (κ2) is 20.7. The number of aliphatic hydroxyl groups excluding tert-OH is 5. The zero-order valence-electron chi connectivity index (χ0n) is 30.5. The number of rotatable bonds is 22. The fourth-order valence-corrected chi connectivity index (χ4v) is 6.14. The Labute approximate surface area is 297 Å². The molecule has 5 N–H and O–H groups in total. The molecule has 0 aliphatic rings. The maximum atomic E-state index is 13.0. The van der Waals surface area contributed by atoms with Crippen molar-refractivity contribution in [2.24, 2.45) is 0 Å². The summed E-state index contributed by atoms with van der Waals surface area (Å²) in [6.07, 6.45) is -5.80. The summed E-state index contributed by atoms with van der Waals surface area (Å²) < 4.78 is 27.8. The monoisotopic (exact) mass is 722 g/mol. The van der Waals surface area contributed by atoms with Gasteiger partial charge in [0.15, 0.2) is 8.32 Å². The molecule has 0 heterocycles. The lowest BCUT2D eigenvalue weighted by Gasteiger charge is -2.36. The molecular formula is C37H58O12Si. The highest BCUT2D eigenvalue weighted by atomic mass is 28.4. The Morgan fingerprint density at radius 2 is 1.00 bits per heavy atom. The van der Waals surface area contributed by atoms with Crippen molar-refractivity contribution in [3.05, 3.63) is 59.7 Å². The predicted octanol–water partition coefficient (Wildman–Crippen LogP) is 4.64. The number of benzene rings is 2. The number of hydrogen-bond donors (Lipinski definition) is 5. The van der Waals surface area contributed by atoms with E-state index in [2.05, 4.69) is 33.9 Å². The molecule has 2 rings (SSSR count). The number of aliphatic hydroxyl groups is 5. The predicted molar refractivity (Wildman–Crippen MR) is 191 cm³/mol. The van der Waals surface area contributed by atoms with Crippen molar-refractivity contribution in [1.29, 1.82) is 0 Å². The van der Waals surface area contributed by atoms with E-state index in [-0.39, 0.29) is 55.7 Å². The highest BCUT2D eigenvalue weighted by Gasteiger charge is 2.37. The van der Waals surface area contributed by atoms with Crippen LogP contribution in [0.2, 0.25) is 18.1 Å². The van der Waals surface area contributed by atoms with Gasteiger partial charge in [0.1, 0.15) is 23.7 Å². The molecule has 2 aromatic rings. The Morgan fingerprint density at radius 1 is 0.640 bits per heavy atom. The summed E-state index contributed by atoms with van der Waals surface area (Å²) >= 11 is 0. The van der Waals surface area contributed by atoms with Crippen LogP contribution in [0, 0.1) is 0 Å². The number of hydrogen-bond acceptors (Lipinski definition) is 12. The Hall–Kier alpha value is -3.04. The Morgan fingerprint density at radius 3 is 1.34 bits per heavy atom. The number of carbonyl (C=O) groups excluding carboxylic acids is 2. The van der Waals surface area contributed by atoms with Gasteiger partial charge >= 0.3 is 11.9 Å². The average molecular weight is 723 g/mol. The highest BCUT2D eigenvalue weighted by Crippen LogP contribution is 2.36. The largest absolute Gasteiger partial charge is 0.497 e. The minimum atomic E-state index is -2.07. The van der Waals surface area contributed by atoms with E-state index in [1.807, 2.05) is 0 Å². The maximum absolute atomic E-state index is 13.0. The molecule has 0 aliphatic heterocycles. The van der Waals surface area contributed by atoms with E-state index in [4.69, 9.17) is 23.4 Å². The van der Waals surface area contributed by atoms with Gasteiger partial charge in [-0.1, -0.05) is 20.8 Å². The third-order valence-electron chi connectivity index (χ3n) is 9.06. The van der Waals surface area contributed by atoms with Crippen molar-refractivity contribution in [2.75, 3.05) is 27.4 Å². The smallest absolute Gasteiger partial charge is 0.338 e. The lowest BCUT2D eigenvalue weighted by Crippen LogP contribution is -2.41. The third kappa shape index (κ3) is 15.1. The minimum absolute atomic E-state index is 0.0121. The van der Waals surface area contributed by atoms with Gasteiger partial charge in [-0.2, -0.15) is 0 Å². The molecule has 0 saturated heterocycles. The van der Waals surface area contributed by atoms with E-state index >= 15 is 0 Å². The topological polar surface area (TPSA) is 181 Å². The van der Waals surface area contributed by atoms with Gasteiger partial charge in [0.05, 0.1) is 49.8 Å². The van der Waals surface area contributed by atoms with Crippen LogP contribution in [-0.4, -0.2) is 110 Å². The first kappa shape index (κ1) is 43.1. The lowest BCUT2D eigenvalue weighted by atomic mass is 9.96. The van der Waals surface area contributed by atoms with Crippen LogP contribution in [-0.2, 0) is 13.9 Å². The molecule has 0 spiro atoms. The Balaban J connectivity index is 1.93. The fraction of sp³-hybridized carbons (Fsp3) is 0.622. The molecule has 2 aromatic carbocycles. The summed E-state index contributed by atoms with van der Waals surface area (Å²) in [7, 11) is 0.967. The van der Waals surface area contributed by atoms with Gasteiger partial charge in [-0.15, -0.1) is 0 Å². The van der Waals surface area contributed by atoms with Gasteiger partial charge in [-0.05, 0) is 85.9 Å². The van der Waals surface area contributed by atoms with Gasteiger partial charge in [0.25, 0.3) is 0 Å². The van der Waals surface area contributed by atoms with Crippen LogP contribution in [0.5, 0.6) is 11.5 Å². The van der Waals surface area contributed by atoms with Crippen LogP contribution in [0.25, 0.3) is 0 Å². The van der Waals surface area contributed by atoms with Crippen molar-refractivity contribution in [2.45, 2.75) is 120 Å². The van der Waals surface area contributed by atoms with E-state index < -0.39 is 56.9 Å². The fourth-order valence-electron chi connectivity index (χ4n) is 5.08. The second-order valence-corrected chi connectivity index (χ2v) is 19.0. The van der Waals surface area contributed by atoms with Crippen LogP contribution in [0.15, 0.2) is 48.5 Å². The number of ether oxygens (including phenoxy) is 4. The average Bonchev–Trinajstić information content (AvgIpc) is 3.03. The Kier molecular flexibility index (Phi) is 17.9. The van der Waals surface area contributed by atoms with Crippen molar-refractivity contribution in [3.63, 3.8) is 0 Å². The quantitative estimate of drug-likeness (QED) is 0.0840. The van der Waals surface area contributed by atoms with E-state index in [9.17, 15) is 35.1 Å². The van der Waals surface area contributed by atoms with Crippen LogP contribution in [0.1, 0.15) is 86.4 Å². The van der Waals surface area contributed by atoms with Crippen LogP contribution in [0.3, 0.4) is 0 Å². The lowest BCUT2D eigenvalue weighted by molar-refractivity contribution is -0.0157. The molecule has 13 heteroatoms. The van der Waals surface area contributed by atoms with Crippen molar-refractivity contribution in [1.82, 2.24) is 0 Å². The van der Waals surface area contributed by atoms with E-state index in [0.717, 1.165) is 0 Å². The zero-order valence-corrected chi connectivity index (χ0v) is 31.5. The molecule has 50 heavy (non-hydrogen) atoms. The standard InChI is InChI=1S/C37H58O12Si/c1-37(2,3)50(6,7)47-19-17-34(49-36(44)26-10-14-32(46-5)15-11-26)24-30(42)22-28(40)20-27(39)21-29(41)23-33(16-18-38)48-35(43)25-8-12-31(45-4)13-9-25/h8-15,27-30,33-34,38-42H,16-24H2,1-7H3/t27-,28-,29-,30+,33+,34-/m1/s1. The Bertz CT molecular complexity index is 1280. The molecule has 0 radical (unpaired) electrons. The van der Waals surface area contributed by atoms with Crippen LogP contribution < -0.4 is 9.47 Å². The summed E-state index contributed by atoms with van der Waals surface area (Å²) in [6, 6.07) is 12.8. The minimum Gasteiger partial charge on any atom is -0.497 e. The normalized spacial score (nSPS) is 15.7. The van der Waals surface area contributed by atoms with Crippen LogP contribution >= 0.6 is 0 Å². The molecule has 0 aromatic heterocycles. The molecule has 0 unspecified atom stereocenters. The third-order valence-corrected chi connectivity index (χ3v) is 13.6. The van der Waals surface area contributed by atoms with Gasteiger partial charge < -0.3 is 48.9 Å². The molecule has 6 atom stereocenters. The number of methoxy groups -OCH3 is 2. The SMILES string of the molecule is COc1ccc(C(=O)O[C@H](CCO[Si](C)(C)C(C)(C)C)C[C@@H](O)C[C@H](O)C[C@@H](O)C[C@@H](O)C[C@H](CCO)OC(=O)c2ccc(OC)cc2)cc1. The second-order valence-electron chi connectivity index (χ2n) is 14.2. The van der Waals surface area contributed by atoms with Crippen LogP contribution in [0.4, 0.5) is 0 Å². The molecule has 0 saturated carbocycles. The van der Waals surface area contributed by atoms with Gasteiger partial charge in [-0.3, -0.25) is 0 Å².